The maximum atomic E-state index is 11.7. The molecule has 22 heavy (non-hydrogen) atoms. The second kappa shape index (κ2) is 7.66. The molecule has 0 radical (unpaired) electrons. The third kappa shape index (κ3) is 4.63. The van der Waals surface area contributed by atoms with Gasteiger partial charge in [0.25, 0.3) is 0 Å². The Kier molecular flexibility index (Phi) is 5.61. The van der Waals surface area contributed by atoms with Gasteiger partial charge in [-0.05, 0) is 31.9 Å². The molecule has 2 rings (SSSR count). The van der Waals surface area contributed by atoms with Gasteiger partial charge in [-0.3, -0.25) is 0 Å². The summed E-state index contributed by atoms with van der Waals surface area (Å²) in [5.74, 6) is 1.50. The first-order valence-electron chi connectivity index (χ1n) is 7.37. The Hall–Kier alpha value is -2.27. The number of hydrogen-bond donors (Lipinski definition) is 3. The molecule has 0 saturated heterocycles. The number of furan rings is 1. The molecule has 0 saturated carbocycles. The molecule has 0 aliphatic rings. The third-order valence-electron chi connectivity index (χ3n) is 3.44. The number of aliphatic hydroxyl groups is 1. The lowest BCUT2D eigenvalue weighted by molar-refractivity contribution is 0.165. The number of nitrogens with one attached hydrogen (secondary N) is 2. The van der Waals surface area contributed by atoms with Crippen LogP contribution in [-0.2, 0) is 6.54 Å². The van der Waals surface area contributed by atoms with E-state index in [0.29, 0.717) is 19.5 Å². The Morgan fingerprint density at radius 3 is 2.59 bits per heavy atom. The van der Waals surface area contributed by atoms with Crippen molar-refractivity contribution in [2.75, 3.05) is 6.54 Å². The standard InChI is InChI=1S/C17H22N2O3/c1-12-10-15(13(2)22-12)16(20)8-9-18-17(21)19-11-14-6-4-3-5-7-14/h3-7,10,16,20H,8-9,11H2,1-2H3,(H2,18,19,21). The second-order valence-corrected chi connectivity index (χ2v) is 5.27. The van der Waals surface area contributed by atoms with Crippen molar-refractivity contribution in [3.05, 3.63) is 59.0 Å². The van der Waals surface area contributed by atoms with Crippen molar-refractivity contribution >= 4 is 6.03 Å². The van der Waals surface area contributed by atoms with Gasteiger partial charge in [0.05, 0.1) is 6.10 Å². The number of aliphatic hydroxyl groups excluding tert-OH is 1. The molecule has 0 fully saturated rings. The summed E-state index contributed by atoms with van der Waals surface area (Å²) in [7, 11) is 0. The molecule has 1 atom stereocenters. The molecule has 118 valence electrons. The van der Waals surface area contributed by atoms with Crippen molar-refractivity contribution in [3.8, 4) is 0 Å². The monoisotopic (exact) mass is 302 g/mol. The van der Waals surface area contributed by atoms with E-state index in [1.807, 2.05) is 50.2 Å². The van der Waals surface area contributed by atoms with Crippen LogP contribution in [0.15, 0.2) is 40.8 Å². The molecule has 0 spiro atoms. The van der Waals surface area contributed by atoms with Crippen LogP contribution in [0.3, 0.4) is 0 Å². The highest BCUT2D eigenvalue weighted by Crippen LogP contribution is 2.23. The second-order valence-electron chi connectivity index (χ2n) is 5.27. The van der Waals surface area contributed by atoms with Gasteiger partial charge in [-0.25, -0.2) is 4.79 Å². The molecule has 5 heteroatoms. The van der Waals surface area contributed by atoms with Gasteiger partial charge in [0.1, 0.15) is 11.5 Å². The molecule has 0 aliphatic carbocycles. The number of aryl methyl sites for hydroxylation is 2. The van der Waals surface area contributed by atoms with Crippen molar-refractivity contribution in [2.45, 2.75) is 32.9 Å². The maximum absolute atomic E-state index is 11.7. The van der Waals surface area contributed by atoms with Crippen molar-refractivity contribution in [1.29, 1.82) is 0 Å². The van der Waals surface area contributed by atoms with Gasteiger partial charge in [0.15, 0.2) is 0 Å². The van der Waals surface area contributed by atoms with Crippen LogP contribution in [0.4, 0.5) is 4.79 Å². The molecule has 1 unspecified atom stereocenters. The van der Waals surface area contributed by atoms with E-state index in [1.165, 1.54) is 0 Å². The minimum Gasteiger partial charge on any atom is -0.466 e. The molecule has 1 heterocycles. The summed E-state index contributed by atoms with van der Waals surface area (Å²) in [5, 5.41) is 15.6. The maximum Gasteiger partial charge on any atom is 0.315 e. The lowest BCUT2D eigenvalue weighted by atomic mass is 10.1. The Bertz CT molecular complexity index is 608. The number of carbonyl (C=O) groups excluding carboxylic acids is 1. The summed E-state index contributed by atoms with van der Waals surface area (Å²) < 4.78 is 5.39. The Balaban J connectivity index is 1.69. The molecule has 5 nitrogen and oxygen atoms in total. The van der Waals surface area contributed by atoms with Crippen LogP contribution in [0, 0.1) is 13.8 Å². The first-order valence-corrected chi connectivity index (χ1v) is 7.37. The molecular formula is C17H22N2O3. The van der Waals surface area contributed by atoms with Gasteiger partial charge in [-0.2, -0.15) is 0 Å². The number of hydrogen-bond acceptors (Lipinski definition) is 3. The zero-order valence-electron chi connectivity index (χ0n) is 12.9. The minimum absolute atomic E-state index is 0.240. The molecule has 2 aromatic rings. The van der Waals surface area contributed by atoms with Gasteiger partial charge in [-0.15, -0.1) is 0 Å². The minimum atomic E-state index is -0.633. The van der Waals surface area contributed by atoms with Crippen LogP contribution in [0.2, 0.25) is 0 Å². The lowest BCUT2D eigenvalue weighted by Crippen LogP contribution is -2.36. The van der Waals surface area contributed by atoms with Gasteiger partial charge in [-0.1, -0.05) is 30.3 Å². The van der Waals surface area contributed by atoms with Crippen LogP contribution in [0.5, 0.6) is 0 Å². The number of urea groups is 1. The summed E-state index contributed by atoms with van der Waals surface area (Å²) in [5.41, 5.74) is 1.83. The summed E-state index contributed by atoms with van der Waals surface area (Å²) in [6.07, 6.45) is -0.189. The number of amides is 2. The average molecular weight is 302 g/mol. The van der Waals surface area contributed by atoms with Gasteiger partial charge < -0.3 is 20.2 Å². The van der Waals surface area contributed by atoms with Gasteiger partial charge in [0.2, 0.25) is 0 Å². The van der Waals surface area contributed by atoms with E-state index in [2.05, 4.69) is 10.6 Å². The highest BCUT2D eigenvalue weighted by Gasteiger charge is 2.14. The molecule has 3 N–H and O–H groups in total. The Labute approximate surface area is 130 Å². The van der Waals surface area contributed by atoms with Crippen molar-refractivity contribution < 1.29 is 14.3 Å². The fourth-order valence-electron chi connectivity index (χ4n) is 2.30. The summed E-state index contributed by atoms with van der Waals surface area (Å²) in [4.78, 5) is 11.7. The smallest absolute Gasteiger partial charge is 0.315 e. The van der Waals surface area contributed by atoms with Crippen LogP contribution in [-0.4, -0.2) is 17.7 Å². The Morgan fingerprint density at radius 1 is 1.23 bits per heavy atom. The number of benzene rings is 1. The number of rotatable bonds is 6. The average Bonchev–Trinajstić information content (AvgIpc) is 2.85. The van der Waals surface area contributed by atoms with Crippen molar-refractivity contribution in [2.24, 2.45) is 0 Å². The largest absolute Gasteiger partial charge is 0.466 e. The lowest BCUT2D eigenvalue weighted by Gasteiger charge is -2.11. The highest BCUT2D eigenvalue weighted by atomic mass is 16.3. The van der Waals surface area contributed by atoms with E-state index in [-0.39, 0.29) is 6.03 Å². The van der Waals surface area contributed by atoms with E-state index in [1.54, 1.807) is 0 Å². The predicted molar refractivity (Wildman–Crippen MR) is 84.4 cm³/mol. The fraction of sp³-hybridized carbons (Fsp3) is 0.353. The molecule has 0 bridgehead atoms. The first kappa shape index (κ1) is 16.1. The van der Waals surface area contributed by atoms with Gasteiger partial charge in [0, 0.05) is 18.7 Å². The van der Waals surface area contributed by atoms with E-state index >= 15 is 0 Å². The molecule has 0 aliphatic heterocycles. The van der Waals surface area contributed by atoms with Crippen LogP contribution < -0.4 is 10.6 Å². The molecule has 1 aromatic heterocycles. The molecule has 2 amide bonds. The third-order valence-corrected chi connectivity index (χ3v) is 3.44. The van der Waals surface area contributed by atoms with Gasteiger partial charge >= 0.3 is 6.03 Å². The fourth-order valence-corrected chi connectivity index (χ4v) is 2.30. The quantitative estimate of drug-likeness (QED) is 0.768. The van der Waals surface area contributed by atoms with Crippen molar-refractivity contribution in [3.63, 3.8) is 0 Å². The number of carbonyl (C=O) groups is 1. The molecular weight excluding hydrogens is 280 g/mol. The van der Waals surface area contributed by atoms with E-state index < -0.39 is 6.10 Å². The van der Waals surface area contributed by atoms with E-state index in [9.17, 15) is 9.90 Å². The topological polar surface area (TPSA) is 74.5 Å². The normalized spacial score (nSPS) is 12.0. The van der Waals surface area contributed by atoms with Crippen molar-refractivity contribution in [1.82, 2.24) is 10.6 Å². The summed E-state index contributed by atoms with van der Waals surface area (Å²) >= 11 is 0. The summed E-state index contributed by atoms with van der Waals surface area (Å²) in [6.45, 7) is 4.55. The van der Waals surface area contributed by atoms with Crippen LogP contribution >= 0.6 is 0 Å². The Morgan fingerprint density at radius 2 is 1.95 bits per heavy atom. The predicted octanol–water partition coefficient (Wildman–Crippen LogP) is 2.82. The van der Waals surface area contributed by atoms with E-state index in [0.717, 1.165) is 22.6 Å². The highest BCUT2D eigenvalue weighted by molar-refractivity contribution is 5.73. The molecule has 1 aromatic carbocycles. The summed E-state index contributed by atoms with van der Waals surface area (Å²) in [6, 6.07) is 11.3. The van der Waals surface area contributed by atoms with E-state index in [4.69, 9.17) is 4.42 Å². The zero-order chi connectivity index (χ0) is 15.9. The van der Waals surface area contributed by atoms with Crippen LogP contribution in [0.1, 0.15) is 35.2 Å². The van der Waals surface area contributed by atoms with Crippen LogP contribution in [0.25, 0.3) is 0 Å². The first-order chi connectivity index (χ1) is 10.6. The SMILES string of the molecule is Cc1cc(C(O)CCNC(=O)NCc2ccccc2)c(C)o1. The zero-order valence-corrected chi connectivity index (χ0v) is 12.9.